The molecule has 1 N–H and O–H groups in total. The molecule has 6 nitrogen and oxygen atoms in total. The molecular formula is C23H16Cl2FNO5. The molecule has 9 heteroatoms. The number of anilines is 1. The van der Waals surface area contributed by atoms with E-state index in [4.69, 9.17) is 32.4 Å². The zero-order valence-corrected chi connectivity index (χ0v) is 18.2. The van der Waals surface area contributed by atoms with Gasteiger partial charge in [0, 0.05) is 11.3 Å². The molecule has 0 spiro atoms. The normalized spacial score (nSPS) is 17.8. The van der Waals surface area contributed by atoms with E-state index in [2.05, 4.69) is 0 Å². The molecule has 1 amide bonds. The van der Waals surface area contributed by atoms with E-state index in [1.165, 1.54) is 36.6 Å². The number of rotatable bonds is 5. The zero-order chi connectivity index (χ0) is 23.0. The zero-order valence-electron chi connectivity index (χ0n) is 16.6. The molecular weight excluding hydrogens is 460 g/mol. The van der Waals surface area contributed by atoms with Crippen LogP contribution in [0.3, 0.4) is 0 Å². The number of amides is 1. The van der Waals surface area contributed by atoms with Crippen LogP contribution in [0.2, 0.25) is 10.0 Å². The van der Waals surface area contributed by atoms with Crippen molar-refractivity contribution in [2.45, 2.75) is 13.0 Å². The van der Waals surface area contributed by atoms with Crippen molar-refractivity contribution in [2.24, 2.45) is 0 Å². The quantitative estimate of drug-likeness (QED) is 0.288. The smallest absolute Gasteiger partial charge is 0.300 e. The van der Waals surface area contributed by atoms with E-state index in [-0.39, 0.29) is 27.6 Å². The molecule has 1 aliphatic rings. The van der Waals surface area contributed by atoms with E-state index < -0.39 is 29.3 Å². The number of furan rings is 1. The Morgan fingerprint density at radius 3 is 2.59 bits per heavy atom. The first kappa shape index (κ1) is 21.9. The van der Waals surface area contributed by atoms with Gasteiger partial charge in [-0.15, -0.1) is 0 Å². The van der Waals surface area contributed by atoms with Gasteiger partial charge < -0.3 is 14.3 Å². The van der Waals surface area contributed by atoms with E-state index >= 15 is 0 Å². The molecule has 0 bridgehead atoms. The van der Waals surface area contributed by atoms with Gasteiger partial charge in [0.2, 0.25) is 0 Å². The summed E-state index contributed by atoms with van der Waals surface area (Å²) in [6.45, 7) is 2.12. The highest BCUT2D eigenvalue weighted by Crippen LogP contribution is 2.43. The number of aliphatic hydroxyl groups is 1. The molecule has 164 valence electrons. The molecule has 1 saturated heterocycles. The Balaban J connectivity index is 1.91. The highest BCUT2D eigenvalue weighted by atomic mass is 35.5. The minimum atomic E-state index is -1.10. The van der Waals surface area contributed by atoms with E-state index in [1.54, 1.807) is 19.1 Å². The van der Waals surface area contributed by atoms with E-state index in [9.17, 15) is 19.1 Å². The van der Waals surface area contributed by atoms with Crippen molar-refractivity contribution in [2.75, 3.05) is 11.5 Å². The lowest BCUT2D eigenvalue weighted by molar-refractivity contribution is -0.132. The number of benzene rings is 2. The predicted octanol–water partition coefficient (Wildman–Crippen LogP) is 5.75. The third-order valence-electron chi connectivity index (χ3n) is 4.94. The summed E-state index contributed by atoms with van der Waals surface area (Å²) in [6.07, 6.45) is 1.38. The summed E-state index contributed by atoms with van der Waals surface area (Å²) in [6, 6.07) is 10.2. The lowest BCUT2D eigenvalue weighted by Crippen LogP contribution is -2.29. The first-order valence-electron chi connectivity index (χ1n) is 9.55. The third-order valence-corrected chi connectivity index (χ3v) is 5.54. The van der Waals surface area contributed by atoms with Crippen LogP contribution in [0.1, 0.15) is 24.3 Å². The van der Waals surface area contributed by atoms with Gasteiger partial charge in [-0.25, -0.2) is 4.39 Å². The number of Topliss-reactive ketones (excluding diaryl/α,β-unsaturated/α-hetero) is 1. The fraction of sp³-hybridized carbons (Fsp3) is 0.130. The van der Waals surface area contributed by atoms with Crippen LogP contribution in [0.15, 0.2) is 64.8 Å². The van der Waals surface area contributed by atoms with Crippen molar-refractivity contribution in [1.82, 2.24) is 0 Å². The van der Waals surface area contributed by atoms with Gasteiger partial charge in [0.25, 0.3) is 11.7 Å². The Kier molecular flexibility index (Phi) is 5.95. The first-order chi connectivity index (χ1) is 15.3. The summed E-state index contributed by atoms with van der Waals surface area (Å²) >= 11 is 12.0. The van der Waals surface area contributed by atoms with Crippen molar-refractivity contribution in [1.29, 1.82) is 0 Å². The summed E-state index contributed by atoms with van der Waals surface area (Å²) in [7, 11) is 0. The molecule has 4 rings (SSSR count). The van der Waals surface area contributed by atoms with Crippen LogP contribution in [-0.4, -0.2) is 23.4 Å². The Hall–Kier alpha value is -3.29. The summed E-state index contributed by atoms with van der Waals surface area (Å²) in [5, 5.41) is 11.2. The number of hydrogen-bond donors (Lipinski definition) is 1. The van der Waals surface area contributed by atoms with Gasteiger partial charge in [0.1, 0.15) is 29.1 Å². The highest BCUT2D eigenvalue weighted by molar-refractivity contribution is 6.51. The van der Waals surface area contributed by atoms with Gasteiger partial charge in [-0.05, 0) is 55.5 Å². The Morgan fingerprint density at radius 1 is 1.16 bits per heavy atom. The average Bonchev–Trinajstić information content (AvgIpc) is 3.39. The Morgan fingerprint density at radius 2 is 1.94 bits per heavy atom. The van der Waals surface area contributed by atoms with Gasteiger partial charge in [0.05, 0.1) is 28.5 Å². The van der Waals surface area contributed by atoms with E-state index in [0.717, 1.165) is 11.0 Å². The van der Waals surface area contributed by atoms with E-state index in [1.807, 2.05) is 0 Å². The molecule has 0 saturated carbocycles. The fourth-order valence-electron chi connectivity index (χ4n) is 3.52. The van der Waals surface area contributed by atoms with Crippen LogP contribution in [-0.2, 0) is 9.59 Å². The highest BCUT2D eigenvalue weighted by Gasteiger charge is 2.48. The van der Waals surface area contributed by atoms with Crippen LogP contribution in [0.4, 0.5) is 10.1 Å². The SMILES string of the molecule is CCOc1cc(/C(O)=C2/C(=O)C(=O)N(c3ccc(F)c(Cl)c3)C2c2ccco2)ccc1Cl. The van der Waals surface area contributed by atoms with Crippen molar-refractivity contribution in [3.63, 3.8) is 0 Å². The molecule has 1 atom stereocenters. The van der Waals surface area contributed by atoms with Gasteiger partial charge in [-0.3, -0.25) is 14.5 Å². The van der Waals surface area contributed by atoms with Crippen LogP contribution in [0, 0.1) is 5.82 Å². The molecule has 2 heterocycles. The lowest BCUT2D eigenvalue weighted by atomic mass is 9.99. The minimum Gasteiger partial charge on any atom is -0.507 e. The second kappa shape index (κ2) is 8.68. The summed E-state index contributed by atoms with van der Waals surface area (Å²) in [5.74, 6) is -2.42. The number of ether oxygens (including phenoxy) is 1. The number of aliphatic hydroxyl groups excluding tert-OH is 1. The van der Waals surface area contributed by atoms with Crippen molar-refractivity contribution < 1.29 is 28.2 Å². The molecule has 1 unspecified atom stereocenters. The Labute approximate surface area is 192 Å². The maximum Gasteiger partial charge on any atom is 0.300 e. The third kappa shape index (κ3) is 3.74. The van der Waals surface area contributed by atoms with Crippen molar-refractivity contribution >= 4 is 46.3 Å². The van der Waals surface area contributed by atoms with Crippen LogP contribution in [0.5, 0.6) is 5.75 Å². The predicted molar refractivity (Wildman–Crippen MR) is 118 cm³/mol. The number of nitrogens with zero attached hydrogens (tertiary/aromatic N) is 1. The van der Waals surface area contributed by atoms with Gasteiger partial charge in [-0.1, -0.05) is 23.2 Å². The summed E-state index contributed by atoms with van der Waals surface area (Å²) in [5.41, 5.74) is 0.199. The number of ketones is 1. The topological polar surface area (TPSA) is 80.0 Å². The van der Waals surface area contributed by atoms with Crippen LogP contribution >= 0.6 is 23.2 Å². The molecule has 0 aliphatic carbocycles. The molecule has 1 fully saturated rings. The number of halogens is 3. The Bertz CT molecular complexity index is 1240. The van der Waals surface area contributed by atoms with E-state index in [0.29, 0.717) is 17.4 Å². The molecule has 1 aromatic heterocycles. The van der Waals surface area contributed by atoms with Crippen LogP contribution < -0.4 is 9.64 Å². The molecule has 1 aliphatic heterocycles. The summed E-state index contributed by atoms with van der Waals surface area (Å²) in [4.78, 5) is 27.1. The van der Waals surface area contributed by atoms with Crippen molar-refractivity contribution in [3.05, 3.63) is 87.6 Å². The van der Waals surface area contributed by atoms with Gasteiger partial charge >= 0.3 is 0 Å². The monoisotopic (exact) mass is 475 g/mol. The second-order valence-corrected chi connectivity index (χ2v) is 7.68. The largest absolute Gasteiger partial charge is 0.507 e. The molecule has 0 radical (unpaired) electrons. The fourth-order valence-corrected chi connectivity index (χ4v) is 3.87. The lowest BCUT2D eigenvalue weighted by Gasteiger charge is -2.23. The molecule has 3 aromatic rings. The number of carbonyl (C=O) groups is 2. The van der Waals surface area contributed by atoms with Crippen LogP contribution in [0.25, 0.3) is 5.76 Å². The summed E-state index contributed by atoms with van der Waals surface area (Å²) < 4.78 is 24.6. The first-order valence-corrected chi connectivity index (χ1v) is 10.3. The maximum absolute atomic E-state index is 13.7. The maximum atomic E-state index is 13.7. The van der Waals surface area contributed by atoms with Gasteiger partial charge in [0.15, 0.2) is 0 Å². The average molecular weight is 476 g/mol. The molecule has 2 aromatic carbocycles. The molecule has 32 heavy (non-hydrogen) atoms. The van der Waals surface area contributed by atoms with Crippen molar-refractivity contribution in [3.8, 4) is 5.75 Å². The van der Waals surface area contributed by atoms with Gasteiger partial charge in [-0.2, -0.15) is 0 Å². The minimum absolute atomic E-state index is 0.171. The standard InChI is InChI=1S/C23H16Cl2FNO5/c1-2-31-18-10-12(5-7-14(18)24)21(28)19-20(17-4-3-9-32-17)27(23(30)22(19)29)13-6-8-16(26)15(25)11-13/h3-11,20,28H,2H2,1H3/b21-19-. The number of carbonyl (C=O) groups excluding carboxylic acids is 2. The second-order valence-electron chi connectivity index (χ2n) is 6.86. The number of hydrogen-bond acceptors (Lipinski definition) is 5.